The predicted molar refractivity (Wildman–Crippen MR) is 89.6 cm³/mol. The average Bonchev–Trinajstić information content (AvgIpc) is 3.04. The fourth-order valence-corrected chi connectivity index (χ4v) is 4.50. The number of amides is 1. The molecule has 4 heteroatoms. The van der Waals surface area contributed by atoms with Gasteiger partial charge in [0.1, 0.15) is 5.75 Å². The van der Waals surface area contributed by atoms with Crippen LogP contribution in [0.1, 0.15) is 50.0 Å². The van der Waals surface area contributed by atoms with Crippen LogP contribution in [-0.2, 0) is 4.79 Å². The molecule has 2 N–H and O–H groups in total. The number of carbonyl (C=O) groups excluding carboxylic acids is 1. The largest absolute Gasteiger partial charge is 0.493 e. The molecule has 4 rings (SSSR count). The first-order valence-corrected chi connectivity index (χ1v) is 9.07. The lowest BCUT2D eigenvalue weighted by Crippen LogP contribution is -2.44. The molecule has 1 aromatic carbocycles. The number of para-hydroxylation sites is 1. The Kier molecular flexibility index (Phi) is 4.25. The summed E-state index contributed by atoms with van der Waals surface area (Å²) in [5.74, 6) is 2.24. The van der Waals surface area contributed by atoms with Gasteiger partial charge in [0.05, 0.1) is 12.6 Å². The van der Waals surface area contributed by atoms with Gasteiger partial charge in [0.2, 0.25) is 5.91 Å². The molecular weight excluding hydrogens is 288 g/mol. The van der Waals surface area contributed by atoms with Crippen LogP contribution in [0, 0.1) is 5.92 Å². The van der Waals surface area contributed by atoms with Crippen molar-refractivity contribution in [1.82, 2.24) is 10.6 Å². The molecule has 23 heavy (non-hydrogen) atoms. The number of rotatable bonds is 3. The normalized spacial score (nSPS) is 32.5. The van der Waals surface area contributed by atoms with Crippen molar-refractivity contribution >= 4 is 5.91 Å². The van der Waals surface area contributed by atoms with Gasteiger partial charge in [-0.15, -0.1) is 0 Å². The second-order valence-corrected chi connectivity index (χ2v) is 7.22. The number of hydrogen-bond acceptors (Lipinski definition) is 3. The molecular formula is C19H26N2O2. The Morgan fingerprint density at radius 3 is 3.00 bits per heavy atom. The molecule has 4 nitrogen and oxygen atoms in total. The van der Waals surface area contributed by atoms with Gasteiger partial charge in [0, 0.05) is 18.5 Å². The summed E-state index contributed by atoms with van der Waals surface area (Å²) in [5, 5.41) is 6.75. The van der Waals surface area contributed by atoms with Crippen LogP contribution in [0.4, 0.5) is 0 Å². The van der Waals surface area contributed by atoms with E-state index in [2.05, 4.69) is 16.7 Å². The highest BCUT2D eigenvalue weighted by Gasteiger charge is 2.38. The third-order valence-corrected chi connectivity index (χ3v) is 5.78. The highest BCUT2D eigenvalue weighted by Crippen LogP contribution is 2.34. The topological polar surface area (TPSA) is 50.4 Å². The molecule has 124 valence electrons. The fourth-order valence-electron chi connectivity index (χ4n) is 4.50. The lowest BCUT2D eigenvalue weighted by Gasteiger charge is -2.26. The molecule has 0 spiro atoms. The van der Waals surface area contributed by atoms with Crippen molar-refractivity contribution in [2.75, 3.05) is 13.2 Å². The highest BCUT2D eigenvalue weighted by molar-refractivity contribution is 5.82. The molecule has 2 heterocycles. The van der Waals surface area contributed by atoms with Crippen molar-refractivity contribution < 1.29 is 9.53 Å². The summed E-state index contributed by atoms with van der Waals surface area (Å²) in [4.78, 5) is 12.5. The van der Waals surface area contributed by atoms with Gasteiger partial charge in [-0.3, -0.25) is 4.79 Å². The number of ether oxygens (including phenoxy) is 1. The Bertz CT molecular complexity index is 560. The maximum absolute atomic E-state index is 12.5. The summed E-state index contributed by atoms with van der Waals surface area (Å²) >= 11 is 0. The minimum Gasteiger partial charge on any atom is -0.493 e. The van der Waals surface area contributed by atoms with Crippen LogP contribution >= 0.6 is 0 Å². The maximum Gasteiger partial charge on any atom is 0.237 e. The van der Waals surface area contributed by atoms with E-state index in [0.717, 1.165) is 25.2 Å². The molecule has 0 aromatic heterocycles. The van der Waals surface area contributed by atoms with Crippen molar-refractivity contribution in [3.63, 3.8) is 0 Å². The standard InChI is InChI=1S/C19H26N2O2/c22-19(17-11-13-5-1-3-7-16(13)21-17)20-12-14-9-10-23-18-8-4-2-6-15(14)18/h2,4,6,8,13-14,16-17,21H,1,3,5,7,9-12H2,(H,20,22). The second-order valence-electron chi connectivity index (χ2n) is 7.22. The van der Waals surface area contributed by atoms with Crippen molar-refractivity contribution in [1.29, 1.82) is 0 Å². The number of benzene rings is 1. The van der Waals surface area contributed by atoms with E-state index in [0.29, 0.717) is 24.4 Å². The van der Waals surface area contributed by atoms with Gasteiger partial charge in [-0.2, -0.15) is 0 Å². The van der Waals surface area contributed by atoms with Crippen LogP contribution in [0.25, 0.3) is 0 Å². The minimum atomic E-state index is 0.0122. The van der Waals surface area contributed by atoms with Crippen LogP contribution in [0.2, 0.25) is 0 Å². The van der Waals surface area contributed by atoms with Crippen molar-refractivity contribution in [2.45, 2.75) is 56.5 Å². The van der Waals surface area contributed by atoms with E-state index in [-0.39, 0.29) is 11.9 Å². The Labute approximate surface area is 138 Å². The molecule has 0 bridgehead atoms. The van der Waals surface area contributed by atoms with Gasteiger partial charge < -0.3 is 15.4 Å². The minimum absolute atomic E-state index is 0.0122. The van der Waals surface area contributed by atoms with Gasteiger partial charge in [-0.25, -0.2) is 0 Å². The number of nitrogens with one attached hydrogen (secondary N) is 2. The molecule has 1 aromatic rings. The Hall–Kier alpha value is -1.55. The van der Waals surface area contributed by atoms with Crippen LogP contribution in [-0.4, -0.2) is 31.1 Å². The summed E-state index contributed by atoms with van der Waals surface area (Å²) < 4.78 is 5.70. The number of fused-ring (bicyclic) bond motifs is 2. The highest BCUT2D eigenvalue weighted by atomic mass is 16.5. The Balaban J connectivity index is 1.34. The predicted octanol–water partition coefficient (Wildman–Crippen LogP) is 2.59. The van der Waals surface area contributed by atoms with Crippen LogP contribution < -0.4 is 15.4 Å². The number of hydrogen-bond donors (Lipinski definition) is 2. The van der Waals surface area contributed by atoms with Gasteiger partial charge >= 0.3 is 0 Å². The second kappa shape index (κ2) is 6.52. The third kappa shape index (κ3) is 3.09. The first-order valence-electron chi connectivity index (χ1n) is 9.07. The van der Waals surface area contributed by atoms with E-state index in [9.17, 15) is 4.79 Å². The molecule has 1 saturated heterocycles. The van der Waals surface area contributed by atoms with E-state index in [1.807, 2.05) is 18.2 Å². The molecule has 3 aliphatic rings. The zero-order valence-electron chi connectivity index (χ0n) is 13.6. The molecule has 0 radical (unpaired) electrons. The smallest absolute Gasteiger partial charge is 0.237 e. The van der Waals surface area contributed by atoms with Crippen LogP contribution in [0.15, 0.2) is 24.3 Å². The fraction of sp³-hybridized carbons (Fsp3) is 0.632. The molecule has 2 fully saturated rings. The van der Waals surface area contributed by atoms with Gasteiger partial charge in [0.25, 0.3) is 0 Å². The van der Waals surface area contributed by atoms with Crippen LogP contribution in [0.5, 0.6) is 5.75 Å². The third-order valence-electron chi connectivity index (χ3n) is 5.78. The van der Waals surface area contributed by atoms with Crippen molar-refractivity contribution in [3.05, 3.63) is 29.8 Å². The molecule has 1 amide bonds. The lowest BCUT2D eigenvalue weighted by atomic mass is 9.85. The monoisotopic (exact) mass is 314 g/mol. The van der Waals surface area contributed by atoms with E-state index >= 15 is 0 Å². The summed E-state index contributed by atoms with van der Waals surface area (Å²) in [6.45, 7) is 1.45. The molecule has 1 aliphatic carbocycles. The van der Waals surface area contributed by atoms with Gasteiger partial charge in [0.15, 0.2) is 0 Å². The van der Waals surface area contributed by atoms with E-state index in [4.69, 9.17) is 4.74 Å². The molecule has 1 saturated carbocycles. The lowest BCUT2D eigenvalue weighted by molar-refractivity contribution is -0.123. The maximum atomic E-state index is 12.5. The zero-order chi connectivity index (χ0) is 15.6. The molecule has 4 unspecified atom stereocenters. The van der Waals surface area contributed by atoms with E-state index < -0.39 is 0 Å². The summed E-state index contributed by atoms with van der Waals surface area (Å²) in [6, 6.07) is 8.77. The Morgan fingerprint density at radius 1 is 1.22 bits per heavy atom. The van der Waals surface area contributed by atoms with E-state index in [1.165, 1.54) is 31.2 Å². The van der Waals surface area contributed by atoms with E-state index in [1.54, 1.807) is 0 Å². The van der Waals surface area contributed by atoms with Crippen molar-refractivity contribution in [3.8, 4) is 5.75 Å². The van der Waals surface area contributed by atoms with Gasteiger partial charge in [-0.05, 0) is 43.2 Å². The molecule has 2 aliphatic heterocycles. The summed E-state index contributed by atoms with van der Waals surface area (Å²) in [6.07, 6.45) is 7.15. The summed E-state index contributed by atoms with van der Waals surface area (Å²) in [5.41, 5.74) is 1.23. The SMILES string of the molecule is O=C(NCC1CCOc2ccccc21)C1CC2CCCCC2N1. The first-order chi connectivity index (χ1) is 11.3. The Morgan fingerprint density at radius 2 is 2.09 bits per heavy atom. The van der Waals surface area contributed by atoms with Crippen LogP contribution in [0.3, 0.4) is 0 Å². The molecule has 4 atom stereocenters. The quantitative estimate of drug-likeness (QED) is 0.901. The van der Waals surface area contributed by atoms with Crippen molar-refractivity contribution in [2.24, 2.45) is 5.92 Å². The zero-order valence-corrected chi connectivity index (χ0v) is 13.6. The van der Waals surface area contributed by atoms with Gasteiger partial charge in [-0.1, -0.05) is 31.0 Å². The first kappa shape index (κ1) is 15.0. The number of carbonyl (C=O) groups is 1. The average molecular weight is 314 g/mol. The summed E-state index contributed by atoms with van der Waals surface area (Å²) in [7, 11) is 0.